The van der Waals surface area contributed by atoms with E-state index in [0.717, 1.165) is 17.3 Å². The molecule has 1 heterocycles. The van der Waals surface area contributed by atoms with E-state index in [1.54, 1.807) is 54.6 Å². The standard InChI is InChI=1S/C26H18BrCl4NO4S/c1-2-35-22-9-15(7-18(27)24(22)36-13-16-4-5-17(28)11-20(16)30)10-23-25(33)32(26(34)37-23)12-14-3-6-19(29)21(31)8-14/h3-11H,2,12-13H2,1H3/b23-10-. The lowest BCUT2D eigenvalue weighted by molar-refractivity contribution is -0.123. The molecule has 0 bridgehead atoms. The van der Waals surface area contributed by atoms with Crippen LogP contribution in [0.1, 0.15) is 23.6 Å². The summed E-state index contributed by atoms with van der Waals surface area (Å²) in [6, 6.07) is 13.7. The van der Waals surface area contributed by atoms with E-state index in [9.17, 15) is 9.59 Å². The zero-order chi connectivity index (χ0) is 26.7. The molecule has 0 atom stereocenters. The molecule has 0 aliphatic carbocycles. The maximum atomic E-state index is 13.0. The minimum Gasteiger partial charge on any atom is -0.490 e. The van der Waals surface area contributed by atoms with Gasteiger partial charge in [-0.3, -0.25) is 14.5 Å². The number of rotatable bonds is 8. The second-order valence-corrected chi connectivity index (χ2v) is 11.3. The zero-order valence-corrected chi connectivity index (χ0v) is 24.6. The van der Waals surface area contributed by atoms with Crippen molar-refractivity contribution < 1.29 is 19.1 Å². The molecule has 1 fully saturated rings. The summed E-state index contributed by atoms with van der Waals surface area (Å²) < 4.78 is 12.4. The molecule has 0 unspecified atom stereocenters. The van der Waals surface area contributed by atoms with Crippen LogP contribution in [0.15, 0.2) is 57.9 Å². The summed E-state index contributed by atoms with van der Waals surface area (Å²) in [5, 5.41) is 1.42. The van der Waals surface area contributed by atoms with Gasteiger partial charge in [0, 0.05) is 15.6 Å². The molecule has 0 aromatic heterocycles. The van der Waals surface area contributed by atoms with Crippen LogP contribution in [0.3, 0.4) is 0 Å². The number of carbonyl (C=O) groups is 2. The van der Waals surface area contributed by atoms with Gasteiger partial charge in [0.15, 0.2) is 11.5 Å². The maximum Gasteiger partial charge on any atom is 0.293 e. The first-order chi connectivity index (χ1) is 17.7. The van der Waals surface area contributed by atoms with Crippen molar-refractivity contribution in [3.05, 3.63) is 94.7 Å². The molecule has 3 aromatic rings. The third-order valence-corrected chi connectivity index (χ3v) is 8.04. The third kappa shape index (κ3) is 6.77. The monoisotopic (exact) mass is 659 g/mol. The van der Waals surface area contributed by atoms with E-state index >= 15 is 0 Å². The molecule has 0 radical (unpaired) electrons. The summed E-state index contributed by atoms with van der Waals surface area (Å²) in [4.78, 5) is 27.1. The Labute approximate surface area is 246 Å². The summed E-state index contributed by atoms with van der Waals surface area (Å²) in [5.74, 6) is 0.564. The SMILES string of the molecule is CCOc1cc(/C=C2\SC(=O)N(Cc3ccc(Cl)c(Cl)c3)C2=O)cc(Br)c1OCc1ccc(Cl)cc1Cl. The number of amides is 2. The van der Waals surface area contributed by atoms with E-state index in [-0.39, 0.29) is 18.4 Å². The predicted octanol–water partition coefficient (Wildman–Crippen LogP) is 9.28. The van der Waals surface area contributed by atoms with Gasteiger partial charge in [0.1, 0.15) is 6.61 Å². The average molecular weight is 662 g/mol. The fourth-order valence-electron chi connectivity index (χ4n) is 3.47. The Morgan fingerprint density at radius 3 is 2.43 bits per heavy atom. The van der Waals surface area contributed by atoms with Gasteiger partial charge in [-0.25, -0.2) is 0 Å². The highest BCUT2D eigenvalue weighted by Crippen LogP contribution is 2.40. The molecule has 37 heavy (non-hydrogen) atoms. The highest BCUT2D eigenvalue weighted by Gasteiger charge is 2.35. The van der Waals surface area contributed by atoms with E-state index in [0.29, 0.717) is 58.7 Å². The normalized spacial score (nSPS) is 14.5. The maximum absolute atomic E-state index is 13.0. The van der Waals surface area contributed by atoms with Crippen LogP contribution in [-0.4, -0.2) is 22.7 Å². The summed E-state index contributed by atoms with van der Waals surface area (Å²) in [7, 11) is 0. The lowest BCUT2D eigenvalue weighted by Crippen LogP contribution is -2.27. The third-order valence-electron chi connectivity index (χ3n) is 5.21. The van der Waals surface area contributed by atoms with E-state index in [1.165, 1.54) is 4.90 Å². The molecule has 1 aliphatic rings. The van der Waals surface area contributed by atoms with E-state index in [1.807, 2.05) is 6.92 Å². The van der Waals surface area contributed by atoms with E-state index < -0.39 is 5.91 Å². The molecule has 1 saturated heterocycles. The van der Waals surface area contributed by atoms with E-state index in [4.69, 9.17) is 55.9 Å². The lowest BCUT2D eigenvalue weighted by Gasteiger charge is -2.15. The van der Waals surface area contributed by atoms with Gasteiger partial charge in [-0.2, -0.15) is 0 Å². The van der Waals surface area contributed by atoms with Crippen LogP contribution in [0, 0.1) is 0 Å². The Morgan fingerprint density at radius 2 is 1.73 bits per heavy atom. The molecule has 4 rings (SSSR count). The van der Waals surface area contributed by atoms with Crippen LogP contribution >= 0.6 is 74.1 Å². The fraction of sp³-hybridized carbons (Fsp3) is 0.154. The molecule has 0 spiro atoms. The Kier molecular flexibility index (Phi) is 9.38. The lowest BCUT2D eigenvalue weighted by atomic mass is 10.1. The average Bonchev–Trinajstić information content (AvgIpc) is 3.09. The van der Waals surface area contributed by atoms with Gasteiger partial charge in [0.05, 0.1) is 32.6 Å². The first-order valence-corrected chi connectivity index (χ1v) is 14.0. The second-order valence-electron chi connectivity index (χ2n) is 7.80. The Hall–Kier alpha value is -1.87. The highest BCUT2D eigenvalue weighted by molar-refractivity contribution is 9.10. The summed E-state index contributed by atoms with van der Waals surface area (Å²) in [6.45, 7) is 2.54. The predicted molar refractivity (Wildman–Crippen MR) is 154 cm³/mol. The number of nitrogens with zero attached hydrogens (tertiary/aromatic N) is 1. The van der Waals surface area contributed by atoms with Crippen molar-refractivity contribution in [1.29, 1.82) is 0 Å². The first kappa shape index (κ1) is 28.1. The topological polar surface area (TPSA) is 55.8 Å². The molecule has 11 heteroatoms. The van der Waals surface area contributed by atoms with Crippen molar-refractivity contribution in [2.45, 2.75) is 20.1 Å². The number of hydrogen-bond acceptors (Lipinski definition) is 5. The molecule has 192 valence electrons. The number of thioether (sulfide) groups is 1. The van der Waals surface area contributed by atoms with Crippen LogP contribution < -0.4 is 9.47 Å². The molecule has 2 amide bonds. The smallest absolute Gasteiger partial charge is 0.293 e. The first-order valence-electron chi connectivity index (χ1n) is 10.9. The van der Waals surface area contributed by atoms with Gasteiger partial charge in [0.2, 0.25) is 0 Å². The van der Waals surface area contributed by atoms with Crippen molar-refractivity contribution in [3.63, 3.8) is 0 Å². The highest BCUT2D eigenvalue weighted by atomic mass is 79.9. The summed E-state index contributed by atoms with van der Waals surface area (Å²) >= 11 is 28.7. The number of imide groups is 1. The molecule has 0 N–H and O–H groups in total. The van der Waals surface area contributed by atoms with Crippen molar-refractivity contribution in [1.82, 2.24) is 4.90 Å². The minimum atomic E-state index is -0.395. The molecule has 1 aliphatic heterocycles. The minimum absolute atomic E-state index is 0.0901. The molecular formula is C26H18BrCl4NO4S. The van der Waals surface area contributed by atoms with Crippen LogP contribution in [-0.2, 0) is 17.9 Å². The van der Waals surface area contributed by atoms with Crippen LogP contribution in [0.4, 0.5) is 4.79 Å². The molecule has 3 aromatic carbocycles. The van der Waals surface area contributed by atoms with Crippen LogP contribution in [0.25, 0.3) is 6.08 Å². The van der Waals surface area contributed by atoms with E-state index in [2.05, 4.69) is 15.9 Å². The van der Waals surface area contributed by atoms with Crippen molar-refractivity contribution in [2.24, 2.45) is 0 Å². The zero-order valence-electron chi connectivity index (χ0n) is 19.2. The quantitative estimate of drug-likeness (QED) is 0.225. The van der Waals surface area contributed by atoms with Gasteiger partial charge in [-0.15, -0.1) is 0 Å². The molecule has 0 saturated carbocycles. The molecule has 5 nitrogen and oxygen atoms in total. The largest absolute Gasteiger partial charge is 0.490 e. The summed E-state index contributed by atoms with van der Waals surface area (Å²) in [6.07, 6.45) is 1.65. The number of halogens is 5. The van der Waals surface area contributed by atoms with Crippen molar-refractivity contribution in [3.8, 4) is 11.5 Å². The Bertz CT molecular complexity index is 1420. The number of benzene rings is 3. The van der Waals surface area contributed by atoms with Crippen molar-refractivity contribution >= 4 is 91.3 Å². The van der Waals surface area contributed by atoms with Gasteiger partial charge < -0.3 is 9.47 Å². The number of ether oxygens (including phenoxy) is 2. The van der Waals surface area contributed by atoms with Crippen LogP contribution in [0.5, 0.6) is 11.5 Å². The Morgan fingerprint density at radius 1 is 0.946 bits per heavy atom. The van der Waals surface area contributed by atoms with Gasteiger partial charge in [-0.05, 0) is 88.2 Å². The van der Waals surface area contributed by atoms with Gasteiger partial charge >= 0.3 is 0 Å². The van der Waals surface area contributed by atoms with Gasteiger partial charge in [-0.1, -0.05) is 58.5 Å². The Balaban J connectivity index is 1.55. The summed E-state index contributed by atoms with van der Waals surface area (Å²) in [5.41, 5.74) is 2.12. The van der Waals surface area contributed by atoms with Gasteiger partial charge in [0.25, 0.3) is 11.1 Å². The number of carbonyl (C=O) groups excluding carboxylic acids is 2. The fourth-order valence-corrected chi connectivity index (χ4v) is 5.67. The second kappa shape index (κ2) is 12.3. The van der Waals surface area contributed by atoms with Crippen molar-refractivity contribution in [2.75, 3.05) is 6.61 Å². The number of hydrogen-bond donors (Lipinski definition) is 0. The van der Waals surface area contributed by atoms with Crippen LogP contribution in [0.2, 0.25) is 20.1 Å². The molecular weight excluding hydrogens is 644 g/mol.